The summed E-state index contributed by atoms with van der Waals surface area (Å²) in [6, 6.07) is 12.0. The fourth-order valence-corrected chi connectivity index (χ4v) is 7.75. The van der Waals surface area contributed by atoms with Crippen LogP contribution in [0.15, 0.2) is 64.9 Å². The van der Waals surface area contributed by atoms with Crippen molar-refractivity contribution in [3.8, 4) is 11.1 Å². The van der Waals surface area contributed by atoms with E-state index in [0.29, 0.717) is 23.2 Å². The summed E-state index contributed by atoms with van der Waals surface area (Å²) >= 11 is 3.31. The maximum Gasteiger partial charge on any atom is 0.416 e. The standard InChI is InChI=1S/C36H44F3N5O2S2/c1-3-47-33-31(34(48-4-2)41-24-40-33)44(35(46)26-10-9-11-26)21-8-7-20-43-22-18-28(19-23-43)42-32(45)30-13-6-5-12-29(30)25-14-16-27(17-15-25)36(37,38)39/h5-6,12-17,24,26,28H,3-4,7-11,18-23H2,1-2H3,(H,42,45). The van der Waals surface area contributed by atoms with Gasteiger partial charge in [0, 0.05) is 37.2 Å². The first-order chi connectivity index (χ1) is 23.2. The van der Waals surface area contributed by atoms with Gasteiger partial charge in [0.1, 0.15) is 22.1 Å². The number of amides is 2. The SMILES string of the molecule is CCSc1ncnc(SCC)c1N(CCCCN1CCC(NC(=O)c2ccccc2-c2ccc(C(F)(F)F)cc2)CC1)C(=O)C1CCC1. The Balaban J connectivity index is 1.14. The van der Waals surface area contributed by atoms with E-state index in [1.165, 1.54) is 12.1 Å². The molecule has 12 heteroatoms. The van der Waals surface area contributed by atoms with Crippen molar-refractivity contribution in [2.45, 2.75) is 81.1 Å². The Morgan fingerprint density at radius 2 is 1.56 bits per heavy atom. The van der Waals surface area contributed by atoms with Crippen LogP contribution in [0.5, 0.6) is 0 Å². The van der Waals surface area contributed by atoms with Gasteiger partial charge in [-0.15, -0.1) is 23.5 Å². The predicted octanol–water partition coefficient (Wildman–Crippen LogP) is 8.19. The number of unbranched alkanes of at least 4 members (excludes halogenated alkanes) is 1. The number of carbonyl (C=O) groups excluding carboxylic acids is 2. The highest BCUT2D eigenvalue weighted by atomic mass is 32.2. The van der Waals surface area contributed by atoms with Crippen LogP contribution in [0.2, 0.25) is 0 Å². The minimum absolute atomic E-state index is 0.0204. The molecule has 2 aliphatic rings. The van der Waals surface area contributed by atoms with Gasteiger partial charge in [0.05, 0.1) is 5.56 Å². The number of alkyl halides is 3. The number of thioether (sulfide) groups is 2. The number of rotatable bonds is 14. The van der Waals surface area contributed by atoms with Crippen LogP contribution in [0.4, 0.5) is 18.9 Å². The summed E-state index contributed by atoms with van der Waals surface area (Å²) in [6.07, 6.45) is 3.65. The van der Waals surface area contributed by atoms with E-state index in [1.807, 2.05) is 4.90 Å². The molecule has 0 spiro atoms. The number of nitrogens with zero attached hydrogens (tertiary/aromatic N) is 4. The number of benzene rings is 2. The summed E-state index contributed by atoms with van der Waals surface area (Å²) in [6.45, 7) is 7.47. The van der Waals surface area contributed by atoms with Crippen LogP contribution < -0.4 is 10.2 Å². The van der Waals surface area contributed by atoms with E-state index >= 15 is 0 Å². The van der Waals surface area contributed by atoms with Crippen LogP contribution in [-0.4, -0.2) is 70.4 Å². The Morgan fingerprint density at radius 3 is 2.15 bits per heavy atom. The van der Waals surface area contributed by atoms with Gasteiger partial charge in [-0.05, 0) is 85.9 Å². The molecule has 2 fully saturated rings. The molecule has 258 valence electrons. The van der Waals surface area contributed by atoms with Gasteiger partial charge in [-0.2, -0.15) is 13.2 Å². The Labute approximate surface area is 289 Å². The average molecular weight is 700 g/mol. The lowest BCUT2D eigenvalue weighted by atomic mass is 9.84. The lowest BCUT2D eigenvalue weighted by Gasteiger charge is -2.34. The molecule has 1 aliphatic heterocycles. The van der Waals surface area contributed by atoms with Crippen LogP contribution in [0, 0.1) is 5.92 Å². The summed E-state index contributed by atoms with van der Waals surface area (Å²) < 4.78 is 39.2. The quantitative estimate of drug-likeness (QED) is 0.103. The topological polar surface area (TPSA) is 78.4 Å². The van der Waals surface area contributed by atoms with Crippen LogP contribution in [0.3, 0.4) is 0 Å². The number of hydrogen-bond acceptors (Lipinski definition) is 7. The fourth-order valence-electron chi connectivity index (χ4n) is 6.21. The van der Waals surface area contributed by atoms with Gasteiger partial charge >= 0.3 is 6.18 Å². The van der Waals surface area contributed by atoms with E-state index in [9.17, 15) is 22.8 Å². The third-order valence-electron chi connectivity index (χ3n) is 9.03. The molecule has 0 radical (unpaired) electrons. The Morgan fingerprint density at radius 1 is 0.917 bits per heavy atom. The van der Waals surface area contributed by atoms with Crippen molar-refractivity contribution in [2.75, 3.05) is 42.6 Å². The van der Waals surface area contributed by atoms with Crippen molar-refractivity contribution in [3.05, 3.63) is 66.0 Å². The summed E-state index contributed by atoms with van der Waals surface area (Å²) in [4.78, 5) is 40.5. The van der Waals surface area contributed by atoms with Crippen LogP contribution in [0.25, 0.3) is 11.1 Å². The second kappa shape index (κ2) is 17.0. The molecule has 1 aromatic heterocycles. The number of likely N-dealkylation sites (tertiary alicyclic amines) is 1. The molecule has 3 aromatic rings. The first kappa shape index (κ1) is 36.2. The minimum Gasteiger partial charge on any atom is -0.349 e. The van der Waals surface area contributed by atoms with Crippen LogP contribution in [-0.2, 0) is 11.0 Å². The zero-order valence-electron chi connectivity index (χ0n) is 27.6. The summed E-state index contributed by atoms with van der Waals surface area (Å²) in [5.41, 5.74) is 1.78. The van der Waals surface area contributed by atoms with Crippen LogP contribution >= 0.6 is 23.5 Å². The minimum atomic E-state index is -4.41. The number of halogens is 3. The van der Waals surface area contributed by atoms with Crippen molar-refractivity contribution in [2.24, 2.45) is 5.92 Å². The molecule has 0 bridgehead atoms. The molecule has 1 saturated heterocycles. The lowest BCUT2D eigenvalue weighted by molar-refractivity contribution is -0.137. The van der Waals surface area contributed by atoms with Crippen molar-refractivity contribution in [1.29, 1.82) is 0 Å². The first-order valence-electron chi connectivity index (χ1n) is 16.9. The smallest absolute Gasteiger partial charge is 0.349 e. The lowest BCUT2D eigenvalue weighted by Crippen LogP contribution is -2.45. The number of aromatic nitrogens is 2. The molecule has 7 nitrogen and oxygen atoms in total. The van der Waals surface area contributed by atoms with E-state index in [0.717, 1.165) is 104 Å². The van der Waals surface area contributed by atoms with E-state index in [1.54, 1.807) is 54.1 Å². The Bertz CT molecular complexity index is 1500. The molecule has 48 heavy (non-hydrogen) atoms. The summed E-state index contributed by atoms with van der Waals surface area (Å²) in [5.74, 6) is 1.80. The molecular formula is C36H44F3N5O2S2. The molecular weight excluding hydrogens is 656 g/mol. The second-order valence-corrected chi connectivity index (χ2v) is 14.7. The number of hydrogen-bond donors (Lipinski definition) is 1. The van der Waals surface area contributed by atoms with Crippen molar-refractivity contribution < 1.29 is 22.8 Å². The highest BCUT2D eigenvalue weighted by molar-refractivity contribution is 8.00. The molecule has 1 saturated carbocycles. The number of carbonyl (C=O) groups is 2. The number of piperidine rings is 1. The summed E-state index contributed by atoms with van der Waals surface area (Å²) in [5, 5.41) is 4.92. The largest absolute Gasteiger partial charge is 0.416 e. The molecule has 1 aliphatic carbocycles. The third-order valence-corrected chi connectivity index (χ3v) is 10.8. The zero-order valence-corrected chi connectivity index (χ0v) is 29.2. The molecule has 5 rings (SSSR count). The maximum absolute atomic E-state index is 13.7. The first-order valence-corrected chi connectivity index (χ1v) is 18.9. The predicted molar refractivity (Wildman–Crippen MR) is 188 cm³/mol. The van der Waals surface area contributed by atoms with Gasteiger partial charge in [0.25, 0.3) is 5.91 Å². The molecule has 2 heterocycles. The monoisotopic (exact) mass is 699 g/mol. The van der Waals surface area contributed by atoms with E-state index < -0.39 is 11.7 Å². The molecule has 0 atom stereocenters. The van der Waals surface area contributed by atoms with Gasteiger partial charge in [0.2, 0.25) is 5.91 Å². The summed E-state index contributed by atoms with van der Waals surface area (Å²) in [7, 11) is 0. The van der Waals surface area contributed by atoms with E-state index in [4.69, 9.17) is 0 Å². The van der Waals surface area contributed by atoms with Crippen molar-refractivity contribution in [1.82, 2.24) is 20.2 Å². The van der Waals surface area contributed by atoms with Gasteiger partial charge in [-0.1, -0.05) is 50.6 Å². The normalized spacial score (nSPS) is 16.0. The zero-order chi connectivity index (χ0) is 34.1. The second-order valence-electron chi connectivity index (χ2n) is 12.2. The molecule has 1 N–H and O–H groups in total. The van der Waals surface area contributed by atoms with Gasteiger partial charge < -0.3 is 15.1 Å². The third kappa shape index (κ3) is 9.12. The maximum atomic E-state index is 13.7. The van der Waals surface area contributed by atoms with Gasteiger partial charge in [-0.3, -0.25) is 9.59 Å². The highest BCUT2D eigenvalue weighted by Gasteiger charge is 2.33. The number of anilines is 1. The molecule has 2 aromatic carbocycles. The van der Waals surface area contributed by atoms with Gasteiger partial charge in [0.15, 0.2) is 0 Å². The van der Waals surface area contributed by atoms with Crippen molar-refractivity contribution in [3.63, 3.8) is 0 Å². The van der Waals surface area contributed by atoms with E-state index in [-0.39, 0.29) is 23.8 Å². The van der Waals surface area contributed by atoms with E-state index in [2.05, 4.69) is 34.0 Å². The number of nitrogens with one attached hydrogen (secondary N) is 1. The highest BCUT2D eigenvalue weighted by Crippen LogP contribution is 2.39. The molecule has 0 unspecified atom stereocenters. The van der Waals surface area contributed by atoms with Crippen molar-refractivity contribution >= 4 is 41.0 Å². The fraction of sp³-hybridized carbons (Fsp3) is 0.500. The Kier molecular flexibility index (Phi) is 12.8. The average Bonchev–Trinajstić information content (AvgIpc) is 3.05. The van der Waals surface area contributed by atoms with Crippen LogP contribution in [0.1, 0.15) is 74.7 Å². The Hall–Kier alpha value is -3.09. The molecule has 2 amide bonds. The van der Waals surface area contributed by atoms with Gasteiger partial charge in [-0.25, -0.2) is 9.97 Å².